The summed E-state index contributed by atoms with van der Waals surface area (Å²) in [4.78, 5) is 12.4. The molecule has 0 aliphatic rings. The van der Waals surface area contributed by atoms with Crippen LogP contribution in [0.15, 0.2) is 59.8 Å². The number of methoxy groups -OCH3 is 1. The van der Waals surface area contributed by atoms with Gasteiger partial charge in [0.05, 0.1) is 20.2 Å². The molecular weight excluding hydrogens is 360 g/mol. The molecular formula is C20H22N4O2S. The Kier molecular flexibility index (Phi) is 6.49. The number of hydrogen-bond donors (Lipinski definition) is 1. The fraction of sp³-hybridized carbons (Fsp3) is 0.250. The summed E-state index contributed by atoms with van der Waals surface area (Å²) >= 11 is 1.64. The molecule has 3 aromatic rings. The summed E-state index contributed by atoms with van der Waals surface area (Å²) < 4.78 is 7.17. The SMILES string of the molecule is CCSc1nnc(CNC(=O)c2ccc(OC)cc2)n1Cc1ccccc1. The van der Waals surface area contributed by atoms with Crippen LogP contribution in [0.25, 0.3) is 0 Å². The molecule has 0 bridgehead atoms. The molecule has 0 aliphatic carbocycles. The first-order chi connectivity index (χ1) is 13.2. The Bertz CT molecular complexity index is 879. The molecule has 1 heterocycles. The van der Waals surface area contributed by atoms with Gasteiger partial charge in [-0.3, -0.25) is 4.79 Å². The van der Waals surface area contributed by atoms with Gasteiger partial charge >= 0.3 is 0 Å². The van der Waals surface area contributed by atoms with Crippen LogP contribution in [0.5, 0.6) is 5.75 Å². The van der Waals surface area contributed by atoms with E-state index >= 15 is 0 Å². The third-order valence-corrected chi connectivity index (χ3v) is 4.86. The molecule has 0 atom stereocenters. The van der Waals surface area contributed by atoms with E-state index in [9.17, 15) is 4.79 Å². The van der Waals surface area contributed by atoms with E-state index in [1.54, 1.807) is 43.1 Å². The highest BCUT2D eigenvalue weighted by atomic mass is 32.2. The number of amides is 1. The van der Waals surface area contributed by atoms with Crippen molar-refractivity contribution < 1.29 is 9.53 Å². The molecule has 0 radical (unpaired) electrons. The largest absolute Gasteiger partial charge is 0.497 e. The van der Waals surface area contributed by atoms with Gasteiger partial charge in [-0.1, -0.05) is 49.0 Å². The molecule has 2 aromatic carbocycles. The normalized spacial score (nSPS) is 10.6. The number of nitrogens with zero attached hydrogens (tertiary/aromatic N) is 3. The minimum Gasteiger partial charge on any atom is -0.497 e. The number of carbonyl (C=O) groups is 1. The molecule has 7 heteroatoms. The molecule has 1 aromatic heterocycles. The summed E-state index contributed by atoms with van der Waals surface area (Å²) in [5, 5.41) is 12.3. The second kappa shape index (κ2) is 9.23. The molecule has 0 unspecified atom stereocenters. The lowest BCUT2D eigenvalue weighted by atomic mass is 10.2. The Balaban J connectivity index is 1.72. The van der Waals surface area contributed by atoms with Gasteiger partial charge in [0, 0.05) is 5.56 Å². The number of ether oxygens (including phenoxy) is 1. The maximum Gasteiger partial charge on any atom is 0.251 e. The molecule has 0 spiro atoms. The molecule has 0 saturated carbocycles. The van der Waals surface area contributed by atoms with Crippen LogP contribution in [0.3, 0.4) is 0 Å². The monoisotopic (exact) mass is 382 g/mol. The third kappa shape index (κ3) is 4.89. The van der Waals surface area contributed by atoms with E-state index in [0.29, 0.717) is 18.7 Å². The average molecular weight is 382 g/mol. The van der Waals surface area contributed by atoms with E-state index in [-0.39, 0.29) is 5.91 Å². The highest BCUT2D eigenvalue weighted by Gasteiger charge is 2.14. The zero-order valence-electron chi connectivity index (χ0n) is 15.4. The molecule has 140 valence electrons. The maximum absolute atomic E-state index is 12.4. The Morgan fingerprint density at radius 3 is 2.52 bits per heavy atom. The maximum atomic E-state index is 12.4. The van der Waals surface area contributed by atoms with Gasteiger partial charge in [-0.25, -0.2) is 0 Å². The lowest BCUT2D eigenvalue weighted by Gasteiger charge is -2.11. The van der Waals surface area contributed by atoms with Crippen LogP contribution in [0.1, 0.15) is 28.7 Å². The number of carbonyl (C=O) groups excluding carboxylic acids is 1. The topological polar surface area (TPSA) is 69.0 Å². The van der Waals surface area contributed by atoms with Crippen molar-refractivity contribution in [3.63, 3.8) is 0 Å². The van der Waals surface area contributed by atoms with Gasteiger partial charge < -0.3 is 14.6 Å². The second-order valence-electron chi connectivity index (χ2n) is 5.81. The highest BCUT2D eigenvalue weighted by Crippen LogP contribution is 2.18. The van der Waals surface area contributed by atoms with Crippen molar-refractivity contribution in [1.82, 2.24) is 20.1 Å². The smallest absolute Gasteiger partial charge is 0.251 e. The van der Waals surface area contributed by atoms with Crippen molar-refractivity contribution in [3.05, 3.63) is 71.5 Å². The van der Waals surface area contributed by atoms with E-state index in [1.165, 1.54) is 0 Å². The fourth-order valence-corrected chi connectivity index (χ4v) is 3.30. The summed E-state index contributed by atoms with van der Waals surface area (Å²) in [6.07, 6.45) is 0. The average Bonchev–Trinajstić information content (AvgIpc) is 3.08. The summed E-state index contributed by atoms with van der Waals surface area (Å²) in [5.41, 5.74) is 1.74. The van der Waals surface area contributed by atoms with Gasteiger partial charge in [0.1, 0.15) is 5.75 Å². The second-order valence-corrected chi connectivity index (χ2v) is 7.05. The first-order valence-electron chi connectivity index (χ1n) is 8.72. The predicted molar refractivity (Wildman–Crippen MR) is 106 cm³/mol. The summed E-state index contributed by atoms with van der Waals surface area (Å²) in [6.45, 7) is 3.07. The molecule has 0 saturated heterocycles. The highest BCUT2D eigenvalue weighted by molar-refractivity contribution is 7.99. The lowest BCUT2D eigenvalue weighted by molar-refractivity contribution is 0.0949. The van der Waals surface area contributed by atoms with Crippen molar-refractivity contribution >= 4 is 17.7 Å². The molecule has 27 heavy (non-hydrogen) atoms. The van der Waals surface area contributed by atoms with Gasteiger partial charge in [0.2, 0.25) is 0 Å². The van der Waals surface area contributed by atoms with Crippen molar-refractivity contribution in [2.24, 2.45) is 0 Å². The van der Waals surface area contributed by atoms with E-state index in [2.05, 4.69) is 39.1 Å². The van der Waals surface area contributed by atoms with Crippen LogP contribution in [0, 0.1) is 0 Å². The summed E-state index contributed by atoms with van der Waals surface area (Å²) in [7, 11) is 1.60. The van der Waals surface area contributed by atoms with Gasteiger partial charge in [-0.2, -0.15) is 0 Å². The minimum atomic E-state index is -0.156. The van der Waals surface area contributed by atoms with Gasteiger partial charge in [-0.05, 0) is 35.6 Å². The third-order valence-electron chi connectivity index (χ3n) is 4.01. The molecule has 1 amide bonds. The Morgan fingerprint density at radius 2 is 1.85 bits per heavy atom. The molecule has 1 N–H and O–H groups in total. The van der Waals surface area contributed by atoms with E-state index in [0.717, 1.165) is 28.0 Å². The number of rotatable bonds is 8. The van der Waals surface area contributed by atoms with Gasteiger partial charge in [-0.15, -0.1) is 10.2 Å². The van der Waals surface area contributed by atoms with Crippen molar-refractivity contribution in [2.45, 2.75) is 25.2 Å². The van der Waals surface area contributed by atoms with Crippen molar-refractivity contribution in [3.8, 4) is 5.75 Å². The zero-order valence-corrected chi connectivity index (χ0v) is 16.2. The zero-order chi connectivity index (χ0) is 19.1. The summed E-state index contributed by atoms with van der Waals surface area (Å²) in [5.74, 6) is 2.20. The number of thioether (sulfide) groups is 1. The lowest BCUT2D eigenvalue weighted by Crippen LogP contribution is -2.25. The Hall–Kier alpha value is -2.80. The Labute approximate surface area is 163 Å². The predicted octanol–water partition coefficient (Wildman–Crippen LogP) is 3.38. The van der Waals surface area contributed by atoms with Gasteiger partial charge in [0.15, 0.2) is 11.0 Å². The quantitative estimate of drug-likeness (QED) is 0.605. The van der Waals surface area contributed by atoms with Crippen LogP contribution in [0.4, 0.5) is 0 Å². The number of benzene rings is 2. The molecule has 0 fully saturated rings. The van der Waals surface area contributed by atoms with Crippen molar-refractivity contribution in [1.29, 1.82) is 0 Å². The van der Waals surface area contributed by atoms with Gasteiger partial charge in [0.25, 0.3) is 5.91 Å². The first kappa shape index (κ1) is 19.0. The number of nitrogens with one attached hydrogen (secondary N) is 1. The fourth-order valence-electron chi connectivity index (χ4n) is 2.61. The van der Waals surface area contributed by atoms with Crippen LogP contribution < -0.4 is 10.1 Å². The van der Waals surface area contributed by atoms with Crippen molar-refractivity contribution in [2.75, 3.05) is 12.9 Å². The number of hydrogen-bond acceptors (Lipinski definition) is 5. The molecule has 3 rings (SSSR count). The van der Waals surface area contributed by atoms with E-state index in [4.69, 9.17) is 4.74 Å². The standard InChI is InChI=1S/C20H22N4O2S/c1-3-27-20-23-22-18(24(20)14-15-7-5-4-6-8-15)13-21-19(25)16-9-11-17(26-2)12-10-16/h4-12H,3,13-14H2,1-2H3,(H,21,25). The number of aromatic nitrogens is 3. The van der Waals surface area contributed by atoms with Crippen LogP contribution in [-0.4, -0.2) is 33.5 Å². The Morgan fingerprint density at radius 1 is 1.11 bits per heavy atom. The van der Waals surface area contributed by atoms with E-state index < -0.39 is 0 Å². The van der Waals surface area contributed by atoms with Crippen LogP contribution in [-0.2, 0) is 13.1 Å². The van der Waals surface area contributed by atoms with E-state index in [1.807, 2.05) is 18.2 Å². The van der Waals surface area contributed by atoms with Crippen LogP contribution in [0.2, 0.25) is 0 Å². The van der Waals surface area contributed by atoms with Crippen LogP contribution >= 0.6 is 11.8 Å². The molecule has 6 nitrogen and oxygen atoms in total. The minimum absolute atomic E-state index is 0.156. The molecule has 0 aliphatic heterocycles. The first-order valence-corrected chi connectivity index (χ1v) is 9.71. The summed E-state index contributed by atoms with van der Waals surface area (Å²) in [6, 6.07) is 17.2.